The topological polar surface area (TPSA) is 99.4 Å². The summed E-state index contributed by atoms with van der Waals surface area (Å²) >= 11 is 0. The lowest BCUT2D eigenvalue weighted by Crippen LogP contribution is -2.10. The molecule has 0 aliphatic heterocycles. The van der Waals surface area contributed by atoms with Gasteiger partial charge in [-0.1, -0.05) is 6.07 Å². The first-order valence-electron chi connectivity index (χ1n) is 9.02. The molecule has 0 spiro atoms. The molecule has 2 heterocycles. The fraction of sp³-hybridized carbons (Fsp3) is 0.350. The number of fused-ring (bicyclic) bond motifs is 3. The SMILES string of the molecule is COC(=O)c1ccc2c(c1)nc(NCCCOCCCN)c1ccncc12. The van der Waals surface area contributed by atoms with Gasteiger partial charge in [-0.2, -0.15) is 0 Å². The van der Waals surface area contributed by atoms with Gasteiger partial charge in [0.25, 0.3) is 0 Å². The molecule has 3 N–H and O–H groups in total. The minimum absolute atomic E-state index is 0.380. The zero-order valence-electron chi connectivity index (χ0n) is 15.4. The highest BCUT2D eigenvalue weighted by atomic mass is 16.5. The Hall–Kier alpha value is -2.77. The average Bonchev–Trinajstić information content (AvgIpc) is 2.72. The number of anilines is 1. The molecule has 7 nitrogen and oxygen atoms in total. The third-order valence-electron chi connectivity index (χ3n) is 4.27. The molecule has 3 aromatic rings. The van der Waals surface area contributed by atoms with Crippen molar-refractivity contribution in [1.29, 1.82) is 0 Å². The predicted octanol–water partition coefficient (Wildman–Crippen LogP) is 2.74. The molecule has 0 aliphatic carbocycles. The number of pyridine rings is 2. The Morgan fingerprint density at radius 2 is 2.00 bits per heavy atom. The van der Waals surface area contributed by atoms with Crippen LogP contribution < -0.4 is 11.1 Å². The molecular formula is C20H24N4O3. The van der Waals surface area contributed by atoms with Gasteiger partial charge in [-0.25, -0.2) is 9.78 Å². The highest BCUT2D eigenvalue weighted by Gasteiger charge is 2.12. The molecule has 0 saturated carbocycles. The summed E-state index contributed by atoms with van der Waals surface area (Å²) < 4.78 is 10.3. The van der Waals surface area contributed by atoms with Crippen molar-refractivity contribution in [3.8, 4) is 0 Å². The number of carbonyl (C=O) groups is 1. The minimum atomic E-state index is -0.380. The number of hydrogen-bond donors (Lipinski definition) is 2. The Bertz CT molecular complexity index is 930. The number of aromatic nitrogens is 2. The van der Waals surface area contributed by atoms with Crippen LogP contribution in [-0.2, 0) is 9.47 Å². The zero-order chi connectivity index (χ0) is 19.1. The van der Waals surface area contributed by atoms with Crippen LogP contribution in [0.4, 0.5) is 5.82 Å². The Labute approximate surface area is 157 Å². The molecule has 0 aliphatic rings. The molecule has 142 valence electrons. The largest absolute Gasteiger partial charge is 0.465 e. The minimum Gasteiger partial charge on any atom is -0.465 e. The number of carbonyl (C=O) groups excluding carboxylic acids is 1. The van der Waals surface area contributed by atoms with Crippen LogP contribution >= 0.6 is 0 Å². The molecule has 7 heteroatoms. The molecule has 0 bridgehead atoms. The number of benzene rings is 1. The van der Waals surface area contributed by atoms with Crippen molar-refractivity contribution in [2.45, 2.75) is 12.8 Å². The number of nitrogens with one attached hydrogen (secondary N) is 1. The van der Waals surface area contributed by atoms with E-state index in [1.54, 1.807) is 18.3 Å². The number of hydrogen-bond acceptors (Lipinski definition) is 7. The van der Waals surface area contributed by atoms with Gasteiger partial charge in [0.2, 0.25) is 0 Å². The van der Waals surface area contributed by atoms with E-state index in [4.69, 9.17) is 20.2 Å². The smallest absolute Gasteiger partial charge is 0.337 e. The van der Waals surface area contributed by atoms with Crippen molar-refractivity contribution < 1.29 is 14.3 Å². The maximum absolute atomic E-state index is 11.8. The summed E-state index contributed by atoms with van der Waals surface area (Å²) in [7, 11) is 1.37. The van der Waals surface area contributed by atoms with Crippen LogP contribution in [-0.4, -0.2) is 49.4 Å². The van der Waals surface area contributed by atoms with Gasteiger partial charge in [-0.15, -0.1) is 0 Å². The summed E-state index contributed by atoms with van der Waals surface area (Å²) in [4.78, 5) is 20.8. The van der Waals surface area contributed by atoms with E-state index in [0.29, 0.717) is 25.3 Å². The average molecular weight is 368 g/mol. The van der Waals surface area contributed by atoms with Crippen molar-refractivity contribution in [3.63, 3.8) is 0 Å². The molecular weight excluding hydrogens is 344 g/mol. The number of nitrogens with two attached hydrogens (primary N) is 1. The Balaban J connectivity index is 1.83. The number of nitrogens with zero attached hydrogens (tertiary/aromatic N) is 2. The van der Waals surface area contributed by atoms with Gasteiger partial charge in [0.15, 0.2) is 0 Å². The number of methoxy groups -OCH3 is 1. The number of esters is 1. The van der Waals surface area contributed by atoms with Gasteiger partial charge >= 0.3 is 5.97 Å². The van der Waals surface area contributed by atoms with E-state index in [2.05, 4.69) is 10.3 Å². The van der Waals surface area contributed by atoms with E-state index >= 15 is 0 Å². The molecule has 27 heavy (non-hydrogen) atoms. The van der Waals surface area contributed by atoms with Crippen molar-refractivity contribution in [1.82, 2.24) is 9.97 Å². The highest BCUT2D eigenvalue weighted by Crippen LogP contribution is 2.29. The fourth-order valence-electron chi connectivity index (χ4n) is 2.90. The van der Waals surface area contributed by atoms with Crippen LogP contribution in [0.15, 0.2) is 36.7 Å². The highest BCUT2D eigenvalue weighted by molar-refractivity contribution is 6.10. The van der Waals surface area contributed by atoms with Crippen LogP contribution in [0.3, 0.4) is 0 Å². The first-order chi connectivity index (χ1) is 13.2. The maximum Gasteiger partial charge on any atom is 0.337 e. The van der Waals surface area contributed by atoms with E-state index in [1.165, 1.54) is 7.11 Å². The van der Waals surface area contributed by atoms with Gasteiger partial charge in [0.1, 0.15) is 5.82 Å². The van der Waals surface area contributed by atoms with Crippen LogP contribution in [0.25, 0.3) is 21.7 Å². The summed E-state index contributed by atoms with van der Waals surface area (Å²) in [5.41, 5.74) is 6.64. The van der Waals surface area contributed by atoms with Crippen molar-refractivity contribution in [2.75, 3.05) is 38.7 Å². The second-order valence-corrected chi connectivity index (χ2v) is 6.14. The van der Waals surface area contributed by atoms with E-state index in [-0.39, 0.29) is 5.97 Å². The normalized spacial score (nSPS) is 11.0. The van der Waals surface area contributed by atoms with E-state index in [1.807, 2.05) is 18.3 Å². The van der Waals surface area contributed by atoms with Crippen LogP contribution in [0.5, 0.6) is 0 Å². The Morgan fingerprint density at radius 1 is 1.15 bits per heavy atom. The van der Waals surface area contributed by atoms with Crippen molar-refractivity contribution in [2.24, 2.45) is 5.73 Å². The van der Waals surface area contributed by atoms with E-state index < -0.39 is 0 Å². The Morgan fingerprint density at radius 3 is 2.81 bits per heavy atom. The second kappa shape index (κ2) is 9.25. The van der Waals surface area contributed by atoms with E-state index in [0.717, 1.165) is 46.9 Å². The molecule has 0 saturated heterocycles. The molecule has 0 fully saturated rings. The number of ether oxygens (including phenoxy) is 2. The summed E-state index contributed by atoms with van der Waals surface area (Å²) in [6.07, 6.45) is 5.30. The van der Waals surface area contributed by atoms with Gasteiger partial charge < -0.3 is 20.5 Å². The standard InChI is InChI=1S/C20H24N4O3/c1-26-20(25)14-4-5-15-17-13-22-9-6-16(17)19(24-18(15)12-14)23-8-3-11-27-10-2-7-21/h4-6,9,12-13H,2-3,7-8,10-11,21H2,1H3,(H,23,24). The van der Waals surface area contributed by atoms with Crippen molar-refractivity contribution >= 4 is 33.5 Å². The van der Waals surface area contributed by atoms with Crippen LogP contribution in [0.2, 0.25) is 0 Å². The monoisotopic (exact) mass is 368 g/mol. The zero-order valence-corrected chi connectivity index (χ0v) is 15.4. The first kappa shape index (κ1) is 19.0. The third-order valence-corrected chi connectivity index (χ3v) is 4.27. The predicted molar refractivity (Wildman–Crippen MR) is 106 cm³/mol. The molecule has 1 aromatic carbocycles. The lowest BCUT2D eigenvalue weighted by molar-refractivity contribution is 0.0601. The first-order valence-corrected chi connectivity index (χ1v) is 9.02. The molecule has 3 rings (SSSR count). The molecule has 0 amide bonds. The van der Waals surface area contributed by atoms with Gasteiger partial charge in [0, 0.05) is 48.3 Å². The van der Waals surface area contributed by atoms with Crippen LogP contribution in [0.1, 0.15) is 23.2 Å². The Kier molecular flexibility index (Phi) is 6.51. The second-order valence-electron chi connectivity index (χ2n) is 6.14. The van der Waals surface area contributed by atoms with E-state index in [9.17, 15) is 4.79 Å². The van der Waals surface area contributed by atoms with Crippen molar-refractivity contribution in [3.05, 3.63) is 42.2 Å². The van der Waals surface area contributed by atoms with Gasteiger partial charge in [0.05, 0.1) is 18.2 Å². The molecule has 0 atom stereocenters. The molecule has 0 radical (unpaired) electrons. The van der Waals surface area contributed by atoms with Gasteiger partial charge in [-0.3, -0.25) is 4.98 Å². The number of rotatable bonds is 9. The molecule has 0 unspecified atom stereocenters. The maximum atomic E-state index is 11.8. The third kappa shape index (κ3) is 4.50. The summed E-state index contributed by atoms with van der Waals surface area (Å²) in [6.45, 7) is 2.74. The summed E-state index contributed by atoms with van der Waals surface area (Å²) in [5.74, 6) is 0.387. The lowest BCUT2D eigenvalue weighted by Gasteiger charge is -2.12. The quantitative estimate of drug-likeness (QED) is 0.340. The fourth-order valence-corrected chi connectivity index (χ4v) is 2.90. The summed E-state index contributed by atoms with van der Waals surface area (Å²) in [6, 6.07) is 7.31. The lowest BCUT2D eigenvalue weighted by atomic mass is 10.1. The summed E-state index contributed by atoms with van der Waals surface area (Å²) in [5, 5.41) is 6.30. The molecule has 2 aromatic heterocycles. The van der Waals surface area contributed by atoms with Crippen LogP contribution in [0, 0.1) is 0 Å². The van der Waals surface area contributed by atoms with Gasteiger partial charge in [-0.05, 0) is 37.6 Å².